The number of ether oxygens (including phenoxy) is 2. The zero-order valence-corrected chi connectivity index (χ0v) is 21.9. The van der Waals surface area contributed by atoms with Crippen molar-refractivity contribution in [2.75, 3.05) is 0 Å². The first-order valence-electron chi connectivity index (χ1n) is 13.0. The second kappa shape index (κ2) is 10.2. The molecule has 196 valence electrons. The summed E-state index contributed by atoms with van der Waals surface area (Å²) in [4.78, 5) is 30.7. The monoisotopic (exact) mass is 497 g/mol. The lowest BCUT2D eigenvalue weighted by Gasteiger charge is -2.34. The van der Waals surface area contributed by atoms with E-state index in [2.05, 4.69) is 11.9 Å². The number of Topliss-reactive ketones (excluding diaryl/α,β-unsaturated/α-hetero) is 1. The summed E-state index contributed by atoms with van der Waals surface area (Å²) in [5, 5.41) is 22.8. The van der Waals surface area contributed by atoms with E-state index in [4.69, 9.17) is 9.47 Å². The van der Waals surface area contributed by atoms with Crippen molar-refractivity contribution in [3.63, 3.8) is 0 Å². The van der Waals surface area contributed by atoms with Crippen LogP contribution in [0.1, 0.15) is 78.4 Å². The molecule has 0 radical (unpaired) electrons. The topological polar surface area (TPSA) is 109 Å². The van der Waals surface area contributed by atoms with E-state index in [1.165, 1.54) is 0 Å². The van der Waals surface area contributed by atoms with E-state index in [9.17, 15) is 19.8 Å². The third-order valence-electron chi connectivity index (χ3n) is 8.41. The number of benzene rings is 1. The maximum absolute atomic E-state index is 13.3. The highest BCUT2D eigenvalue weighted by atomic mass is 16.6. The van der Waals surface area contributed by atoms with Crippen LogP contribution in [0, 0.1) is 17.3 Å². The van der Waals surface area contributed by atoms with Gasteiger partial charge < -0.3 is 19.7 Å². The van der Waals surface area contributed by atoms with Crippen LogP contribution in [-0.4, -0.2) is 50.9 Å². The first kappa shape index (κ1) is 26.7. The lowest BCUT2D eigenvalue weighted by atomic mass is 9.73. The molecule has 2 fully saturated rings. The van der Waals surface area contributed by atoms with E-state index in [1.54, 1.807) is 27.0 Å². The molecule has 7 nitrogen and oxygen atoms in total. The van der Waals surface area contributed by atoms with Crippen molar-refractivity contribution in [3.05, 3.63) is 42.1 Å². The molecule has 1 aromatic heterocycles. The number of pyridine rings is 1. The number of esters is 1. The third kappa shape index (κ3) is 5.48. The highest BCUT2D eigenvalue weighted by Crippen LogP contribution is 2.46. The summed E-state index contributed by atoms with van der Waals surface area (Å²) in [6.07, 6.45) is 1.66. The summed E-state index contributed by atoms with van der Waals surface area (Å²) in [7, 11) is 0. The molecular weight excluding hydrogens is 458 g/mol. The molecule has 0 spiro atoms. The van der Waals surface area contributed by atoms with Crippen molar-refractivity contribution in [2.24, 2.45) is 17.3 Å². The van der Waals surface area contributed by atoms with Gasteiger partial charge in [-0.25, -0.2) is 0 Å². The molecule has 0 amide bonds. The zero-order chi connectivity index (χ0) is 26.3. The van der Waals surface area contributed by atoms with Crippen LogP contribution < -0.4 is 0 Å². The number of ketones is 1. The largest absolute Gasteiger partial charge is 0.457 e. The Morgan fingerprint density at radius 3 is 2.58 bits per heavy atom. The molecule has 0 saturated carbocycles. The molecule has 1 aromatic carbocycles. The Labute approximate surface area is 213 Å². The Kier molecular flexibility index (Phi) is 7.56. The van der Waals surface area contributed by atoms with Crippen molar-refractivity contribution >= 4 is 22.7 Å². The van der Waals surface area contributed by atoms with Crippen molar-refractivity contribution in [1.82, 2.24) is 4.98 Å². The van der Waals surface area contributed by atoms with Gasteiger partial charge in [-0.15, -0.1) is 0 Å². The number of hydrogen-bond acceptors (Lipinski definition) is 7. The Morgan fingerprint density at radius 1 is 1.08 bits per heavy atom. The number of epoxide rings is 1. The van der Waals surface area contributed by atoms with E-state index in [1.807, 2.05) is 37.3 Å². The Balaban J connectivity index is 1.62. The molecule has 2 aromatic rings. The lowest BCUT2D eigenvalue weighted by molar-refractivity contribution is -0.156. The van der Waals surface area contributed by atoms with Crippen molar-refractivity contribution < 1.29 is 29.3 Å². The summed E-state index contributed by atoms with van der Waals surface area (Å²) in [5.74, 6) is -1.57. The minimum Gasteiger partial charge on any atom is -0.457 e. The molecule has 2 saturated heterocycles. The zero-order valence-electron chi connectivity index (χ0n) is 21.9. The van der Waals surface area contributed by atoms with Gasteiger partial charge >= 0.3 is 5.97 Å². The first-order valence-corrected chi connectivity index (χ1v) is 13.0. The maximum atomic E-state index is 13.3. The number of rotatable bonds is 1. The van der Waals surface area contributed by atoms with Crippen molar-refractivity contribution in [1.29, 1.82) is 0 Å². The van der Waals surface area contributed by atoms with Crippen LogP contribution in [0.15, 0.2) is 36.5 Å². The standard InChI is InChI=1S/C29H39NO6/c1-17-8-6-12-29(5)24(36-29)15-22(20-11-10-19-9-7-13-30-21(19)14-20)35-25(32)16-23(31)28(3,4)27(34)18(2)26(17)33/h7,9-11,13-14,17-18,22-24,26,31,33H,6,8,12,15-16H2,1-5H3/t17-,18+,22?,23-,24?,26?,29+/m0/s1. The molecule has 7 atom stereocenters. The van der Waals surface area contributed by atoms with E-state index < -0.39 is 35.6 Å². The van der Waals surface area contributed by atoms with Gasteiger partial charge in [0.05, 0.1) is 41.3 Å². The number of aliphatic hydroxyl groups is 2. The number of fused-ring (bicyclic) bond motifs is 2. The first-order chi connectivity index (χ1) is 16.9. The summed E-state index contributed by atoms with van der Waals surface area (Å²) < 4.78 is 12.0. The summed E-state index contributed by atoms with van der Waals surface area (Å²) in [6.45, 7) is 8.97. The van der Waals surface area contributed by atoms with E-state index in [-0.39, 0.29) is 29.8 Å². The molecular formula is C29H39NO6. The van der Waals surface area contributed by atoms with Gasteiger partial charge in [-0.3, -0.25) is 14.6 Å². The van der Waals surface area contributed by atoms with Crippen LogP contribution in [0.5, 0.6) is 0 Å². The average Bonchev–Trinajstić information content (AvgIpc) is 3.49. The fraction of sp³-hybridized carbons (Fsp3) is 0.621. The summed E-state index contributed by atoms with van der Waals surface area (Å²) >= 11 is 0. The number of cyclic esters (lactones) is 1. The molecule has 4 rings (SSSR count). The van der Waals surface area contributed by atoms with Gasteiger partial charge in [0.25, 0.3) is 0 Å². The van der Waals surface area contributed by atoms with Crippen LogP contribution in [0.3, 0.4) is 0 Å². The molecule has 2 aliphatic rings. The molecule has 3 unspecified atom stereocenters. The number of hydrogen-bond donors (Lipinski definition) is 2. The van der Waals surface area contributed by atoms with Gasteiger partial charge in [0.15, 0.2) is 0 Å². The third-order valence-corrected chi connectivity index (χ3v) is 8.41. The van der Waals surface area contributed by atoms with Gasteiger partial charge in [0.2, 0.25) is 0 Å². The minimum atomic E-state index is -1.24. The van der Waals surface area contributed by atoms with E-state index >= 15 is 0 Å². The number of aromatic nitrogens is 1. The smallest absolute Gasteiger partial charge is 0.309 e. The van der Waals surface area contributed by atoms with Gasteiger partial charge in [-0.2, -0.15) is 0 Å². The van der Waals surface area contributed by atoms with Gasteiger partial charge in [0, 0.05) is 23.9 Å². The predicted molar refractivity (Wildman–Crippen MR) is 136 cm³/mol. The fourth-order valence-electron chi connectivity index (χ4n) is 5.50. The van der Waals surface area contributed by atoms with Crippen LogP contribution in [0.2, 0.25) is 0 Å². The molecule has 3 heterocycles. The van der Waals surface area contributed by atoms with Crippen LogP contribution in [0.4, 0.5) is 0 Å². The predicted octanol–water partition coefficient (Wildman–Crippen LogP) is 4.53. The number of nitrogens with zero attached hydrogens (tertiary/aromatic N) is 1. The highest BCUT2D eigenvalue weighted by molar-refractivity contribution is 5.88. The molecule has 7 heteroatoms. The van der Waals surface area contributed by atoms with Crippen LogP contribution in [0.25, 0.3) is 10.9 Å². The van der Waals surface area contributed by atoms with Gasteiger partial charge in [0.1, 0.15) is 11.9 Å². The Bertz CT molecular complexity index is 1120. The minimum absolute atomic E-state index is 0.0651. The van der Waals surface area contributed by atoms with E-state index in [0.29, 0.717) is 6.42 Å². The maximum Gasteiger partial charge on any atom is 0.309 e. The number of carbonyl (C=O) groups is 2. The molecule has 0 aliphatic carbocycles. The fourth-order valence-corrected chi connectivity index (χ4v) is 5.50. The molecule has 2 aliphatic heterocycles. The number of aliphatic hydroxyl groups excluding tert-OH is 2. The number of carbonyl (C=O) groups excluding carboxylic acids is 2. The molecule has 2 N–H and O–H groups in total. The molecule has 36 heavy (non-hydrogen) atoms. The molecule has 0 bridgehead atoms. The second-order valence-corrected chi connectivity index (χ2v) is 11.5. The van der Waals surface area contributed by atoms with Crippen LogP contribution in [-0.2, 0) is 19.1 Å². The summed E-state index contributed by atoms with van der Waals surface area (Å²) in [6, 6.07) is 9.69. The van der Waals surface area contributed by atoms with E-state index in [0.717, 1.165) is 35.7 Å². The van der Waals surface area contributed by atoms with Crippen molar-refractivity contribution in [3.8, 4) is 0 Å². The normalized spacial score (nSPS) is 36.2. The lowest BCUT2D eigenvalue weighted by Crippen LogP contribution is -2.45. The quantitative estimate of drug-likeness (QED) is 0.440. The average molecular weight is 498 g/mol. The van der Waals surface area contributed by atoms with Crippen molar-refractivity contribution in [2.45, 2.75) is 96.7 Å². The SMILES string of the molecule is C[C@H]1CCC[C@@]2(C)OC2CC(c2ccc3cccnc3c2)OC(=O)C[C@H](O)C(C)(C)C(=O)[C@H](C)C1O. The van der Waals surface area contributed by atoms with Gasteiger partial charge in [-0.1, -0.05) is 52.3 Å². The Hall–Kier alpha value is -2.35. The van der Waals surface area contributed by atoms with Crippen LogP contribution >= 0.6 is 0 Å². The van der Waals surface area contributed by atoms with Gasteiger partial charge in [-0.05, 0) is 43.4 Å². The highest BCUT2D eigenvalue weighted by Gasteiger charge is 2.53. The Morgan fingerprint density at radius 2 is 1.83 bits per heavy atom. The second-order valence-electron chi connectivity index (χ2n) is 11.5. The summed E-state index contributed by atoms with van der Waals surface area (Å²) in [5.41, 5.74) is 0.107.